The molecule has 7 nitrogen and oxygen atoms in total. The van der Waals surface area contributed by atoms with Crippen molar-refractivity contribution in [2.24, 2.45) is 5.73 Å². The third-order valence-electron chi connectivity index (χ3n) is 4.28. The maximum Gasteiger partial charge on any atom is 0.254 e. The van der Waals surface area contributed by atoms with Gasteiger partial charge in [-0.25, -0.2) is 4.98 Å². The average Bonchev–Trinajstić information content (AvgIpc) is 2.73. The van der Waals surface area contributed by atoms with Crippen LogP contribution in [0.3, 0.4) is 0 Å². The quantitative estimate of drug-likeness (QED) is 0.561. The number of benzene rings is 1. The van der Waals surface area contributed by atoms with Gasteiger partial charge in [0.1, 0.15) is 24.5 Å². The first-order valence-electron chi connectivity index (χ1n) is 9.14. The van der Waals surface area contributed by atoms with Gasteiger partial charge in [-0.05, 0) is 48.4 Å². The summed E-state index contributed by atoms with van der Waals surface area (Å²) in [5.41, 5.74) is 9.45. The molecule has 7 heteroatoms. The predicted octanol–water partition coefficient (Wildman–Crippen LogP) is 3.16. The Hall–Kier alpha value is -3.45. The molecule has 2 heterocycles. The van der Waals surface area contributed by atoms with Crippen molar-refractivity contribution in [3.05, 3.63) is 71.7 Å². The first-order chi connectivity index (χ1) is 14.1. The number of hydrogen-bond donors (Lipinski definition) is 1. The molecule has 0 spiro atoms. The molecular weight excluding hydrogens is 370 g/mol. The first-order valence-corrected chi connectivity index (χ1v) is 9.14. The zero-order valence-corrected chi connectivity index (χ0v) is 16.4. The molecule has 2 aromatic heterocycles. The minimum Gasteiger partial charge on any atom is -0.491 e. The van der Waals surface area contributed by atoms with E-state index in [1.807, 2.05) is 37.3 Å². The molecular formula is C22H23N3O4. The van der Waals surface area contributed by atoms with E-state index in [0.717, 1.165) is 22.4 Å². The Labute approximate surface area is 169 Å². The van der Waals surface area contributed by atoms with Crippen LogP contribution in [0, 0.1) is 6.92 Å². The molecule has 150 valence electrons. The number of carbonyl (C=O) groups is 1. The number of aryl methyl sites for hydroxylation is 1. The van der Waals surface area contributed by atoms with Gasteiger partial charge in [0, 0.05) is 25.1 Å². The number of aromatic nitrogens is 2. The SMILES string of the molecule is COCCOc1ccc(-c2ccc(COc3ncccc3C(N)=O)nc2)c(C)c1. The summed E-state index contributed by atoms with van der Waals surface area (Å²) in [6.07, 6.45) is 3.34. The van der Waals surface area contributed by atoms with Gasteiger partial charge in [0.15, 0.2) is 0 Å². The van der Waals surface area contributed by atoms with E-state index in [1.165, 1.54) is 0 Å². The van der Waals surface area contributed by atoms with Gasteiger partial charge in [-0.2, -0.15) is 0 Å². The van der Waals surface area contributed by atoms with Crippen LogP contribution in [0.25, 0.3) is 11.1 Å². The number of methoxy groups -OCH3 is 1. The summed E-state index contributed by atoms with van der Waals surface area (Å²) in [4.78, 5) is 19.9. The van der Waals surface area contributed by atoms with Crippen molar-refractivity contribution >= 4 is 5.91 Å². The summed E-state index contributed by atoms with van der Waals surface area (Å²) in [5, 5.41) is 0. The van der Waals surface area contributed by atoms with Crippen LogP contribution in [0.2, 0.25) is 0 Å². The van der Waals surface area contributed by atoms with E-state index in [-0.39, 0.29) is 18.1 Å². The van der Waals surface area contributed by atoms with Gasteiger partial charge in [0.2, 0.25) is 5.88 Å². The van der Waals surface area contributed by atoms with Gasteiger partial charge in [-0.15, -0.1) is 0 Å². The van der Waals surface area contributed by atoms with Crippen molar-refractivity contribution in [2.75, 3.05) is 20.3 Å². The third-order valence-corrected chi connectivity index (χ3v) is 4.28. The van der Waals surface area contributed by atoms with E-state index >= 15 is 0 Å². The highest BCUT2D eigenvalue weighted by atomic mass is 16.5. The highest BCUT2D eigenvalue weighted by Gasteiger charge is 2.11. The number of nitrogens with zero attached hydrogens (tertiary/aromatic N) is 2. The van der Waals surface area contributed by atoms with Crippen LogP contribution in [-0.4, -0.2) is 36.2 Å². The molecule has 1 aromatic carbocycles. The normalized spacial score (nSPS) is 10.6. The van der Waals surface area contributed by atoms with Crippen LogP contribution in [0.4, 0.5) is 0 Å². The molecule has 0 aliphatic carbocycles. The number of primary amides is 1. The molecule has 0 fully saturated rings. The molecule has 0 saturated heterocycles. The highest BCUT2D eigenvalue weighted by molar-refractivity contribution is 5.94. The van der Waals surface area contributed by atoms with E-state index in [1.54, 1.807) is 31.6 Å². The molecule has 3 rings (SSSR count). The number of amides is 1. The maximum absolute atomic E-state index is 11.4. The summed E-state index contributed by atoms with van der Waals surface area (Å²) < 4.78 is 16.3. The molecule has 0 radical (unpaired) electrons. The summed E-state index contributed by atoms with van der Waals surface area (Å²) in [6.45, 7) is 3.28. The second-order valence-electron chi connectivity index (χ2n) is 6.37. The van der Waals surface area contributed by atoms with Gasteiger partial charge in [-0.3, -0.25) is 9.78 Å². The largest absolute Gasteiger partial charge is 0.491 e. The molecule has 29 heavy (non-hydrogen) atoms. The van der Waals surface area contributed by atoms with Crippen molar-refractivity contribution in [1.82, 2.24) is 9.97 Å². The lowest BCUT2D eigenvalue weighted by Crippen LogP contribution is -2.14. The molecule has 1 amide bonds. The first kappa shape index (κ1) is 20.3. The third kappa shape index (κ3) is 5.30. The summed E-state index contributed by atoms with van der Waals surface area (Å²) in [6, 6.07) is 13.0. The van der Waals surface area contributed by atoms with E-state index in [2.05, 4.69) is 9.97 Å². The lowest BCUT2D eigenvalue weighted by Gasteiger charge is -2.11. The smallest absolute Gasteiger partial charge is 0.254 e. The number of nitrogens with two attached hydrogens (primary N) is 1. The number of rotatable bonds is 9. The van der Waals surface area contributed by atoms with Crippen molar-refractivity contribution in [2.45, 2.75) is 13.5 Å². The highest BCUT2D eigenvalue weighted by Crippen LogP contribution is 2.26. The zero-order chi connectivity index (χ0) is 20.6. The van der Waals surface area contributed by atoms with Crippen molar-refractivity contribution in [3.63, 3.8) is 0 Å². The van der Waals surface area contributed by atoms with Crippen molar-refractivity contribution < 1.29 is 19.0 Å². The molecule has 0 saturated carbocycles. The molecule has 0 unspecified atom stereocenters. The lowest BCUT2D eigenvalue weighted by atomic mass is 10.0. The van der Waals surface area contributed by atoms with Crippen LogP contribution in [-0.2, 0) is 11.3 Å². The Morgan fingerprint density at radius 3 is 2.62 bits per heavy atom. The van der Waals surface area contributed by atoms with Crippen LogP contribution in [0.1, 0.15) is 21.6 Å². The molecule has 0 aliphatic rings. The van der Waals surface area contributed by atoms with Gasteiger partial charge in [-0.1, -0.05) is 12.1 Å². The lowest BCUT2D eigenvalue weighted by molar-refractivity contribution is 0.0995. The summed E-state index contributed by atoms with van der Waals surface area (Å²) in [7, 11) is 1.65. The van der Waals surface area contributed by atoms with Gasteiger partial charge < -0.3 is 19.9 Å². The topological polar surface area (TPSA) is 96.6 Å². The van der Waals surface area contributed by atoms with Gasteiger partial charge in [0.05, 0.1) is 12.3 Å². The zero-order valence-electron chi connectivity index (χ0n) is 16.4. The Bertz CT molecular complexity index is 974. The molecule has 2 N–H and O–H groups in total. The van der Waals surface area contributed by atoms with Crippen LogP contribution < -0.4 is 15.2 Å². The Kier molecular flexibility index (Phi) is 6.76. The molecule has 0 aliphatic heterocycles. The van der Waals surface area contributed by atoms with Gasteiger partial charge >= 0.3 is 0 Å². The number of pyridine rings is 2. The summed E-state index contributed by atoms with van der Waals surface area (Å²) >= 11 is 0. The standard InChI is InChI=1S/C22H23N3O4/c1-15-12-18(28-11-10-27-2)7-8-19(15)16-5-6-17(25-13-16)14-29-22-20(21(23)26)4-3-9-24-22/h3-9,12-13H,10-11,14H2,1-2H3,(H2,23,26). The molecule has 0 bridgehead atoms. The van der Waals surface area contributed by atoms with Crippen molar-refractivity contribution in [1.29, 1.82) is 0 Å². The number of ether oxygens (including phenoxy) is 3. The van der Waals surface area contributed by atoms with E-state index < -0.39 is 5.91 Å². The van der Waals surface area contributed by atoms with E-state index in [0.29, 0.717) is 18.9 Å². The van der Waals surface area contributed by atoms with E-state index in [4.69, 9.17) is 19.9 Å². The Morgan fingerprint density at radius 2 is 1.93 bits per heavy atom. The number of carbonyl (C=O) groups excluding carboxylic acids is 1. The average molecular weight is 393 g/mol. The monoisotopic (exact) mass is 393 g/mol. The fourth-order valence-corrected chi connectivity index (χ4v) is 2.80. The maximum atomic E-state index is 11.4. The van der Waals surface area contributed by atoms with Crippen LogP contribution >= 0.6 is 0 Å². The molecule has 0 atom stereocenters. The fraction of sp³-hybridized carbons (Fsp3) is 0.227. The van der Waals surface area contributed by atoms with E-state index in [9.17, 15) is 4.79 Å². The Morgan fingerprint density at radius 1 is 1.07 bits per heavy atom. The fourth-order valence-electron chi connectivity index (χ4n) is 2.80. The van der Waals surface area contributed by atoms with Gasteiger partial charge in [0.25, 0.3) is 5.91 Å². The minimum atomic E-state index is -0.582. The second-order valence-corrected chi connectivity index (χ2v) is 6.37. The van der Waals surface area contributed by atoms with Crippen molar-refractivity contribution in [3.8, 4) is 22.8 Å². The second kappa shape index (κ2) is 9.66. The number of hydrogen-bond acceptors (Lipinski definition) is 6. The predicted molar refractivity (Wildman–Crippen MR) is 109 cm³/mol. The summed E-state index contributed by atoms with van der Waals surface area (Å²) in [5.74, 6) is 0.425. The van der Waals surface area contributed by atoms with Crippen LogP contribution in [0.5, 0.6) is 11.6 Å². The minimum absolute atomic E-state index is 0.183. The van der Waals surface area contributed by atoms with Crippen LogP contribution in [0.15, 0.2) is 54.9 Å². The molecule has 3 aromatic rings. The Balaban J connectivity index is 1.67.